The molecule has 1 fully saturated rings. The third-order valence-electron chi connectivity index (χ3n) is 3.99. The van der Waals surface area contributed by atoms with Gasteiger partial charge in [0.2, 0.25) is 0 Å². The largest absolute Gasteiger partial charge is 0.297 e. The molecule has 4 rings (SSSR count). The third-order valence-corrected chi connectivity index (χ3v) is 4.84. The molecular weight excluding hydrogens is 268 g/mol. The molecule has 1 aliphatic rings. The number of fused-ring (bicyclic) bond motifs is 1. The summed E-state index contributed by atoms with van der Waals surface area (Å²) in [7, 11) is 2.18. The number of pyridine rings is 1. The Morgan fingerprint density at radius 1 is 1.30 bits per heavy atom. The van der Waals surface area contributed by atoms with E-state index in [1.165, 1.54) is 17.8 Å². The minimum atomic E-state index is 0.395. The highest BCUT2D eigenvalue weighted by Gasteiger charge is 2.28. The van der Waals surface area contributed by atoms with Gasteiger partial charge in [-0.2, -0.15) is 0 Å². The molecule has 3 aromatic rings. The summed E-state index contributed by atoms with van der Waals surface area (Å²) in [6, 6.07) is 8.61. The highest BCUT2D eigenvalue weighted by atomic mass is 32.1. The van der Waals surface area contributed by atoms with Crippen molar-refractivity contribution in [3.8, 4) is 5.00 Å². The van der Waals surface area contributed by atoms with E-state index in [1.807, 2.05) is 18.3 Å². The number of hydrogen-bond donors (Lipinski definition) is 0. The van der Waals surface area contributed by atoms with Gasteiger partial charge in [0, 0.05) is 6.20 Å². The monoisotopic (exact) mass is 284 g/mol. The van der Waals surface area contributed by atoms with Gasteiger partial charge in [-0.3, -0.25) is 9.47 Å². The predicted octanol–water partition coefficient (Wildman–Crippen LogP) is 3.25. The fourth-order valence-corrected chi connectivity index (χ4v) is 3.74. The lowest BCUT2D eigenvalue weighted by Crippen LogP contribution is -2.20. The van der Waals surface area contributed by atoms with Gasteiger partial charge in [-0.1, -0.05) is 0 Å². The van der Waals surface area contributed by atoms with Crippen molar-refractivity contribution in [1.29, 1.82) is 0 Å². The molecule has 0 aromatic carbocycles. The minimum absolute atomic E-state index is 0.395. The van der Waals surface area contributed by atoms with E-state index >= 15 is 0 Å². The standard InChI is InChI=1S/C15H16N4S/c1-18-9-3-6-12(18)15-17-11-5-2-8-16-14(11)19(15)13-7-4-10-20-13/h2,4-5,7-8,10,12H,3,6,9H2,1H3. The van der Waals surface area contributed by atoms with E-state index < -0.39 is 0 Å². The molecule has 4 nitrogen and oxygen atoms in total. The van der Waals surface area contributed by atoms with Gasteiger partial charge in [-0.15, -0.1) is 11.3 Å². The Balaban J connectivity index is 1.97. The predicted molar refractivity (Wildman–Crippen MR) is 81.3 cm³/mol. The lowest BCUT2D eigenvalue weighted by atomic mass is 10.2. The molecule has 3 aromatic heterocycles. The quantitative estimate of drug-likeness (QED) is 0.724. The van der Waals surface area contributed by atoms with Gasteiger partial charge in [0.1, 0.15) is 16.3 Å². The molecule has 1 atom stereocenters. The van der Waals surface area contributed by atoms with Crippen LogP contribution in [0.1, 0.15) is 24.7 Å². The van der Waals surface area contributed by atoms with Crippen LogP contribution in [-0.2, 0) is 0 Å². The van der Waals surface area contributed by atoms with Crippen LogP contribution in [0.15, 0.2) is 35.8 Å². The lowest BCUT2D eigenvalue weighted by molar-refractivity contribution is 0.304. The first-order valence-electron chi connectivity index (χ1n) is 6.92. The minimum Gasteiger partial charge on any atom is -0.297 e. The average molecular weight is 284 g/mol. The van der Waals surface area contributed by atoms with Crippen LogP contribution in [0.5, 0.6) is 0 Å². The van der Waals surface area contributed by atoms with E-state index in [0.717, 1.165) is 23.5 Å². The molecule has 0 aliphatic carbocycles. The highest BCUT2D eigenvalue weighted by molar-refractivity contribution is 7.12. The van der Waals surface area contributed by atoms with Crippen LogP contribution in [0.2, 0.25) is 0 Å². The molecule has 0 N–H and O–H groups in total. The maximum Gasteiger partial charge on any atom is 0.165 e. The SMILES string of the molecule is CN1CCCC1c1nc2cccnc2n1-c1cccs1. The molecule has 20 heavy (non-hydrogen) atoms. The molecule has 4 heterocycles. The van der Waals surface area contributed by atoms with Gasteiger partial charge in [-0.25, -0.2) is 9.97 Å². The maximum absolute atomic E-state index is 4.87. The number of likely N-dealkylation sites (tertiary alicyclic amines) is 1. The van der Waals surface area contributed by atoms with Gasteiger partial charge >= 0.3 is 0 Å². The summed E-state index contributed by atoms with van der Waals surface area (Å²) in [6.45, 7) is 1.14. The van der Waals surface area contributed by atoms with Crippen molar-refractivity contribution in [2.45, 2.75) is 18.9 Å². The van der Waals surface area contributed by atoms with Crippen molar-refractivity contribution in [2.75, 3.05) is 13.6 Å². The second-order valence-corrected chi connectivity index (χ2v) is 6.17. The second-order valence-electron chi connectivity index (χ2n) is 5.24. The summed E-state index contributed by atoms with van der Waals surface area (Å²) >= 11 is 1.73. The maximum atomic E-state index is 4.87. The number of nitrogens with zero attached hydrogens (tertiary/aromatic N) is 4. The van der Waals surface area contributed by atoms with Crippen LogP contribution < -0.4 is 0 Å². The number of imidazole rings is 1. The Hall–Kier alpha value is -1.72. The number of aromatic nitrogens is 3. The van der Waals surface area contributed by atoms with Crippen molar-refractivity contribution in [1.82, 2.24) is 19.4 Å². The van der Waals surface area contributed by atoms with E-state index in [2.05, 4.69) is 39.0 Å². The van der Waals surface area contributed by atoms with Crippen molar-refractivity contribution in [3.05, 3.63) is 41.7 Å². The zero-order valence-corrected chi connectivity index (χ0v) is 12.2. The van der Waals surface area contributed by atoms with E-state index in [9.17, 15) is 0 Å². The topological polar surface area (TPSA) is 34.0 Å². The summed E-state index contributed by atoms with van der Waals surface area (Å²) in [6.07, 6.45) is 4.25. The van der Waals surface area contributed by atoms with Gasteiger partial charge in [-0.05, 0) is 56.1 Å². The Morgan fingerprint density at radius 2 is 2.25 bits per heavy atom. The Bertz CT molecular complexity index is 732. The molecule has 0 bridgehead atoms. The normalized spacial score (nSPS) is 19.9. The van der Waals surface area contributed by atoms with E-state index in [1.54, 1.807) is 11.3 Å². The van der Waals surface area contributed by atoms with Crippen LogP contribution in [-0.4, -0.2) is 33.0 Å². The molecule has 0 saturated carbocycles. The molecule has 1 saturated heterocycles. The summed E-state index contributed by atoms with van der Waals surface area (Å²) in [5, 5.41) is 3.30. The molecule has 1 unspecified atom stereocenters. The molecule has 102 valence electrons. The van der Waals surface area contributed by atoms with Gasteiger partial charge in [0.15, 0.2) is 5.65 Å². The molecule has 5 heteroatoms. The van der Waals surface area contributed by atoms with Crippen LogP contribution in [0.4, 0.5) is 0 Å². The van der Waals surface area contributed by atoms with Crippen LogP contribution in [0.3, 0.4) is 0 Å². The smallest absolute Gasteiger partial charge is 0.165 e. The molecule has 0 amide bonds. The number of rotatable bonds is 2. The molecule has 0 spiro atoms. The summed E-state index contributed by atoms with van der Waals surface area (Å²) in [4.78, 5) is 11.8. The van der Waals surface area contributed by atoms with Crippen LogP contribution in [0.25, 0.3) is 16.2 Å². The Kier molecular flexibility index (Phi) is 2.82. The van der Waals surface area contributed by atoms with Crippen LogP contribution in [0, 0.1) is 0 Å². The summed E-state index contributed by atoms with van der Waals surface area (Å²) in [5.74, 6) is 1.13. The molecule has 0 radical (unpaired) electrons. The van der Waals surface area contributed by atoms with Gasteiger partial charge < -0.3 is 0 Å². The number of thiophene rings is 1. The fourth-order valence-electron chi connectivity index (χ4n) is 3.00. The summed E-state index contributed by atoms with van der Waals surface area (Å²) in [5.41, 5.74) is 1.95. The zero-order valence-electron chi connectivity index (χ0n) is 11.4. The van der Waals surface area contributed by atoms with Gasteiger partial charge in [0.25, 0.3) is 0 Å². The second kappa shape index (κ2) is 4.68. The zero-order chi connectivity index (χ0) is 13.5. The van der Waals surface area contributed by atoms with Crippen LogP contribution >= 0.6 is 11.3 Å². The first kappa shape index (κ1) is 12.1. The number of hydrogen-bond acceptors (Lipinski definition) is 4. The molecular formula is C15H16N4S. The lowest BCUT2D eigenvalue weighted by Gasteiger charge is -2.19. The van der Waals surface area contributed by atoms with E-state index in [4.69, 9.17) is 4.98 Å². The van der Waals surface area contributed by atoms with Gasteiger partial charge in [0.05, 0.1) is 6.04 Å². The fraction of sp³-hybridized carbons (Fsp3) is 0.333. The highest BCUT2D eigenvalue weighted by Crippen LogP contribution is 2.34. The molecule has 1 aliphatic heterocycles. The Labute approximate surface area is 121 Å². The Morgan fingerprint density at radius 3 is 3.00 bits per heavy atom. The summed E-state index contributed by atoms with van der Waals surface area (Å²) < 4.78 is 2.23. The van der Waals surface area contributed by atoms with Crippen molar-refractivity contribution in [2.24, 2.45) is 0 Å². The average Bonchev–Trinajstić information content (AvgIpc) is 3.15. The first-order chi connectivity index (χ1) is 9.84. The van der Waals surface area contributed by atoms with E-state index in [-0.39, 0.29) is 0 Å². The van der Waals surface area contributed by atoms with Crippen molar-refractivity contribution < 1.29 is 0 Å². The first-order valence-corrected chi connectivity index (χ1v) is 7.80. The van der Waals surface area contributed by atoms with E-state index in [0.29, 0.717) is 6.04 Å². The van der Waals surface area contributed by atoms with Crippen molar-refractivity contribution >= 4 is 22.5 Å². The van der Waals surface area contributed by atoms with Crippen molar-refractivity contribution in [3.63, 3.8) is 0 Å². The third kappa shape index (κ3) is 1.77.